The first-order chi connectivity index (χ1) is 9.99. The minimum absolute atomic E-state index is 0.0194. The first-order valence-electron chi connectivity index (χ1n) is 6.73. The van der Waals surface area contributed by atoms with E-state index in [2.05, 4.69) is 0 Å². The number of esters is 1. The Bertz CT molecular complexity index is 542. The van der Waals surface area contributed by atoms with Gasteiger partial charge in [0.2, 0.25) is 5.91 Å². The van der Waals surface area contributed by atoms with Crippen molar-refractivity contribution in [3.63, 3.8) is 0 Å². The largest absolute Gasteiger partial charge is 0.481 e. The summed E-state index contributed by atoms with van der Waals surface area (Å²) >= 11 is 0. The maximum absolute atomic E-state index is 11.8. The van der Waals surface area contributed by atoms with Gasteiger partial charge in [0.25, 0.3) is 0 Å². The van der Waals surface area contributed by atoms with Crippen LogP contribution in [-0.4, -0.2) is 29.6 Å². The maximum atomic E-state index is 11.8. The zero-order valence-electron chi connectivity index (χ0n) is 11.4. The van der Waals surface area contributed by atoms with Crippen molar-refractivity contribution >= 4 is 17.8 Å². The van der Waals surface area contributed by atoms with Crippen LogP contribution in [-0.2, 0) is 14.3 Å². The number of carbonyl (C=O) groups excluding carboxylic acids is 2. The zero-order valence-corrected chi connectivity index (χ0v) is 11.4. The summed E-state index contributed by atoms with van der Waals surface area (Å²) in [6.07, 6.45) is 0.548. The predicted molar refractivity (Wildman–Crippen MR) is 73.3 cm³/mol. The summed E-state index contributed by atoms with van der Waals surface area (Å²) in [5.41, 5.74) is 5.64. The fraction of sp³-hybridized carbons (Fsp3) is 0.400. The molecule has 0 radical (unpaired) electrons. The molecule has 0 unspecified atom stereocenters. The van der Waals surface area contributed by atoms with Crippen LogP contribution in [0.5, 0.6) is 0 Å². The number of nitrogens with two attached hydrogens (primary N) is 1. The number of ether oxygens (including phenoxy) is 1. The first-order valence-corrected chi connectivity index (χ1v) is 6.73. The number of rotatable bonds is 5. The number of carboxylic acid groups (broad SMARTS) is 1. The van der Waals surface area contributed by atoms with Crippen LogP contribution in [0.1, 0.15) is 23.2 Å². The first kappa shape index (κ1) is 15.0. The number of amides is 1. The molecule has 0 aromatic heterocycles. The molecule has 2 rings (SSSR count). The molecule has 6 nitrogen and oxygen atoms in total. The van der Waals surface area contributed by atoms with E-state index in [1.165, 1.54) is 0 Å². The van der Waals surface area contributed by atoms with Crippen LogP contribution in [0.2, 0.25) is 0 Å². The highest BCUT2D eigenvalue weighted by molar-refractivity contribution is 5.89. The summed E-state index contributed by atoms with van der Waals surface area (Å²) in [6.45, 7) is -0.0194. The Balaban J connectivity index is 1.96. The zero-order chi connectivity index (χ0) is 15.4. The molecule has 0 heterocycles. The quantitative estimate of drug-likeness (QED) is 0.789. The molecule has 0 aliphatic heterocycles. The van der Waals surface area contributed by atoms with Gasteiger partial charge in [0, 0.05) is 11.8 Å². The van der Waals surface area contributed by atoms with Crippen LogP contribution in [0, 0.1) is 17.8 Å². The van der Waals surface area contributed by atoms with Gasteiger partial charge in [0.15, 0.2) is 0 Å². The Morgan fingerprint density at radius 2 is 1.86 bits per heavy atom. The molecule has 1 amide bonds. The molecule has 6 heteroatoms. The van der Waals surface area contributed by atoms with Crippen LogP contribution in [0.15, 0.2) is 30.3 Å². The molecule has 1 saturated carbocycles. The number of carbonyl (C=O) groups is 3. The highest BCUT2D eigenvalue weighted by atomic mass is 16.5. The summed E-state index contributed by atoms with van der Waals surface area (Å²) in [5, 5.41) is 9.17. The number of benzene rings is 1. The second-order valence-corrected chi connectivity index (χ2v) is 5.24. The van der Waals surface area contributed by atoms with Gasteiger partial charge >= 0.3 is 11.9 Å². The highest BCUT2D eigenvalue weighted by Crippen LogP contribution is 2.36. The van der Waals surface area contributed by atoms with Crippen molar-refractivity contribution in [2.24, 2.45) is 23.5 Å². The lowest BCUT2D eigenvalue weighted by Crippen LogP contribution is -2.23. The monoisotopic (exact) mass is 291 g/mol. The number of carboxylic acids is 1. The summed E-state index contributed by atoms with van der Waals surface area (Å²) in [7, 11) is 0. The average Bonchev–Trinajstić information content (AvgIpc) is 2.90. The number of aliphatic carboxylic acids is 1. The van der Waals surface area contributed by atoms with Crippen molar-refractivity contribution in [2.75, 3.05) is 6.61 Å². The fourth-order valence-corrected chi connectivity index (χ4v) is 2.68. The molecule has 1 aliphatic carbocycles. The van der Waals surface area contributed by atoms with Gasteiger partial charge in [-0.05, 0) is 25.0 Å². The second-order valence-electron chi connectivity index (χ2n) is 5.24. The van der Waals surface area contributed by atoms with Gasteiger partial charge in [-0.25, -0.2) is 4.79 Å². The topological polar surface area (TPSA) is 107 Å². The number of primary amides is 1. The van der Waals surface area contributed by atoms with Crippen molar-refractivity contribution in [3.05, 3.63) is 35.9 Å². The van der Waals surface area contributed by atoms with Gasteiger partial charge in [-0.2, -0.15) is 0 Å². The van der Waals surface area contributed by atoms with Crippen LogP contribution < -0.4 is 5.73 Å². The Morgan fingerprint density at radius 3 is 2.43 bits per heavy atom. The number of hydrogen-bond acceptors (Lipinski definition) is 4. The van der Waals surface area contributed by atoms with Crippen LogP contribution >= 0.6 is 0 Å². The summed E-state index contributed by atoms with van der Waals surface area (Å²) in [4.78, 5) is 34.2. The molecule has 1 aromatic carbocycles. The van der Waals surface area contributed by atoms with Crippen molar-refractivity contribution < 1.29 is 24.2 Å². The molecule has 1 aromatic rings. The van der Waals surface area contributed by atoms with E-state index < -0.39 is 29.7 Å². The Morgan fingerprint density at radius 1 is 1.19 bits per heavy atom. The van der Waals surface area contributed by atoms with Gasteiger partial charge in [0.05, 0.1) is 18.1 Å². The van der Waals surface area contributed by atoms with E-state index in [4.69, 9.17) is 10.5 Å². The van der Waals surface area contributed by atoms with E-state index in [0.29, 0.717) is 12.0 Å². The van der Waals surface area contributed by atoms with Gasteiger partial charge in [0.1, 0.15) is 0 Å². The minimum Gasteiger partial charge on any atom is -0.481 e. The SMILES string of the molecule is NC(=O)[C@H]1C[C@H](COC(=O)c2ccccc2)[C@@H](C(=O)O)C1. The van der Waals surface area contributed by atoms with Gasteiger partial charge < -0.3 is 15.6 Å². The maximum Gasteiger partial charge on any atom is 0.338 e. The van der Waals surface area contributed by atoms with E-state index in [-0.39, 0.29) is 18.9 Å². The van der Waals surface area contributed by atoms with Crippen LogP contribution in [0.3, 0.4) is 0 Å². The van der Waals surface area contributed by atoms with Crippen LogP contribution in [0.4, 0.5) is 0 Å². The second kappa shape index (κ2) is 6.39. The molecular weight excluding hydrogens is 274 g/mol. The van der Waals surface area contributed by atoms with E-state index in [1.807, 2.05) is 0 Å². The molecular formula is C15H17NO5. The standard InChI is InChI=1S/C15H17NO5/c16-13(17)10-6-11(12(7-10)14(18)19)8-21-15(20)9-4-2-1-3-5-9/h1-5,10-12H,6-8H2,(H2,16,17)(H,18,19)/t10-,11+,12-/m0/s1. The van der Waals surface area contributed by atoms with E-state index >= 15 is 0 Å². The summed E-state index contributed by atoms with van der Waals surface area (Å²) < 4.78 is 5.17. The molecule has 21 heavy (non-hydrogen) atoms. The molecule has 0 spiro atoms. The molecule has 0 saturated heterocycles. The number of hydrogen-bond donors (Lipinski definition) is 2. The lowest BCUT2D eigenvalue weighted by Gasteiger charge is -2.15. The third kappa shape index (κ3) is 3.59. The van der Waals surface area contributed by atoms with Crippen molar-refractivity contribution in [1.29, 1.82) is 0 Å². The molecule has 0 bridgehead atoms. The predicted octanol–water partition coefficient (Wildman–Crippen LogP) is 1.06. The summed E-state index contributed by atoms with van der Waals surface area (Å²) in [5.74, 6) is -3.54. The Labute approximate surface area is 121 Å². The van der Waals surface area contributed by atoms with E-state index in [9.17, 15) is 19.5 Å². The summed E-state index contributed by atoms with van der Waals surface area (Å²) in [6, 6.07) is 8.46. The highest BCUT2D eigenvalue weighted by Gasteiger charge is 2.41. The molecule has 3 atom stereocenters. The van der Waals surface area contributed by atoms with Crippen molar-refractivity contribution in [2.45, 2.75) is 12.8 Å². The van der Waals surface area contributed by atoms with Gasteiger partial charge in [-0.1, -0.05) is 18.2 Å². The van der Waals surface area contributed by atoms with Crippen LogP contribution in [0.25, 0.3) is 0 Å². The van der Waals surface area contributed by atoms with E-state index in [0.717, 1.165) is 0 Å². The van der Waals surface area contributed by atoms with Crippen molar-refractivity contribution in [3.8, 4) is 0 Å². The van der Waals surface area contributed by atoms with Gasteiger partial charge in [-0.15, -0.1) is 0 Å². The Kier molecular flexibility index (Phi) is 4.57. The minimum atomic E-state index is -0.987. The molecule has 3 N–H and O–H groups in total. The third-order valence-electron chi connectivity index (χ3n) is 3.85. The average molecular weight is 291 g/mol. The van der Waals surface area contributed by atoms with Gasteiger partial charge in [-0.3, -0.25) is 9.59 Å². The smallest absolute Gasteiger partial charge is 0.338 e. The fourth-order valence-electron chi connectivity index (χ4n) is 2.68. The Hall–Kier alpha value is -2.37. The molecule has 1 aliphatic rings. The molecule has 112 valence electrons. The van der Waals surface area contributed by atoms with E-state index in [1.54, 1.807) is 30.3 Å². The third-order valence-corrected chi connectivity index (χ3v) is 3.85. The lowest BCUT2D eigenvalue weighted by atomic mass is 9.97. The lowest BCUT2D eigenvalue weighted by molar-refractivity contribution is -0.143. The normalized spacial score (nSPS) is 24.5. The van der Waals surface area contributed by atoms with Crippen molar-refractivity contribution in [1.82, 2.24) is 0 Å². The molecule has 1 fully saturated rings.